The molecule has 0 saturated carbocycles. The number of anilines is 1. The summed E-state index contributed by atoms with van der Waals surface area (Å²) in [5.74, 6) is 0. The van der Waals surface area contributed by atoms with Crippen LogP contribution in [0.3, 0.4) is 0 Å². The zero-order chi connectivity index (χ0) is 21.1. The van der Waals surface area contributed by atoms with E-state index in [1.54, 1.807) is 0 Å². The van der Waals surface area contributed by atoms with Crippen LogP contribution in [-0.4, -0.2) is 0 Å². The minimum Gasteiger partial charge on any atom is -0.319 e. The first-order valence-corrected chi connectivity index (χ1v) is 10.7. The molecule has 0 spiro atoms. The smallest absolute Gasteiger partial charge is 0.0454 e. The fourth-order valence-electron chi connectivity index (χ4n) is 4.03. The van der Waals surface area contributed by atoms with Crippen molar-refractivity contribution in [2.24, 2.45) is 0 Å². The van der Waals surface area contributed by atoms with Gasteiger partial charge in [0.25, 0.3) is 0 Å². The van der Waals surface area contributed by atoms with Crippen molar-refractivity contribution in [1.82, 2.24) is 0 Å². The highest BCUT2D eigenvalue weighted by Crippen LogP contribution is 2.34. The summed E-state index contributed by atoms with van der Waals surface area (Å²) in [6.07, 6.45) is 3.98. The van der Waals surface area contributed by atoms with Crippen LogP contribution in [-0.2, 0) is 12.8 Å². The molecule has 1 heterocycles. The topological polar surface area (TPSA) is 3.24 Å². The van der Waals surface area contributed by atoms with Crippen LogP contribution in [0.5, 0.6) is 0 Å². The standard InChI is InChI=1S/C29H29N/c1-5-24-8-14-27(15-9-24)23(4)28-16-10-25(11-17-28)20-26-12-18-29(19-13-26)30-21(2)6-7-22(30)3/h8-19H,2-7,20H2,1H3. The van der Waals surface area contributed by atoms with Crippen LogP contribution in [0, 0.1) is 0 Å². The Labute approximate surface area is 180 Å². The SMILES string of the molecule is C=C(c1ccc(CC)cc1)c1ccc(Cc2ccc(N3C(=C)CCC3=C)cc2)cc1. The lowest BCUT2D eigenvalue weighted by Crippen LogP contribution is -2.12. The molecule has 0 N–H and O–H groups in total. The molecule has 1 heteroatoms. The summed E-state index contributed by atoms with van der Waals surface area (Å²) in [6.45, 7) is 14.8. The van der Waals surface area contributed by atoms with E-state index in [1.807, 2.05) is 0 Å². The van der Waals surface area contributed by atoms with Crippen molar-refractivity contribution in [3.8, 4) is 0 Å². The second-order valence-corrected chi connectivity index (χ2v) is 8.04. The largest absolute Gasteiger partial charge is 0.319 e. The maximum absolute atomic E-state index is 4.31. The van der Waals surface area contributed by atoms with Crippen LogP contribution in [0.25, 0.3) is 5.57 Å². The summed E-state index contributed by atoms with van der Waals surface area (Å²) in [5, 5.41) is 0. The molecule has 1 nitrogen and oxygen atoms in total. The average molecular weight is 392 g/mol. The molecule has 0 bridgehead atoms. The monoisotopic (exact) mass is 391 g/mol. The van der Waals surface area contributed by atoms with Gasteiger partial charge < -0.3 is 4.90 Å². The maximum Gasteiger partial charge on any atom is 0.0454 e. The first kappa shape index (κ1) is 20.0. The average Bonchev–Trinajstić information content (AvgIpc) is 3.12. The van der Waals surface area contributed by atoms with E-state index in [1.165, 1.54) is 27.8 Å². The second-order valence-electron chi connectivity index (χ2n) is 8.04. The number of hydrogen-bond donors (Lipinski definition) is 0. The van der Waals surface area contributed by atoms with Gasteiger partial charge in [-0.25, -0.2) is 0 Å². The van der Waals surface area contributed by atoms with Gasteiger partial charge in [-0.1, -0.05) is 87.3 Å². The quantitative estimate of drug-likeness (QED) is 0.420. The first-order valence-electron chi connectivity index (χ1n) is 10.7. The van der Waals surface area contributed by atoms with Crippen molar-refractivity contribution in [3.63, 3.8) is 0 Å². The van der Waals surface area contributed by atoms with Gasteiger partial charge in [0.2, 0.25) is 0 Å². The molecule has 150 valence electrons. The first-order chi connectivity index (χ1) is 14.5. The molecular weight excluding hydrogens is 362 g/mol. The third-order valence-electron chi connectivity index (χ3n) is 5.95. The maximum atomic E-state index is 4.31. The van der Waals surface area contributed by atoms with Gasteiger partial charge in [0.15, 0.2) is 0 Å². The van der Waals surface area contributed by atoms with Gasteiger partial charge in [-0.05, 0) is 71.2 Å². The summed E-state index contributed by atoms with van der Waals surface area (Å²) in [6, 6.07) is 26.2. The zero-order valence-electron chi connectivity index (χ0n) is 17.8. The van der Waals surface area contributed by atoms with Crippen molar-refractivity contribution < 1.29 is 0 Å². The van der Waals surface area contributed by atoms with Crippen LogP contribution in [0.15, 0.2) is 104 Å². The molecule has 0 aromatic heterocycles. The highest BCUT2D eigenvalue weighted by molar-refractivity contribution is 5.78. The Morgan fingerprint density at radius 3 is 1.60 bits per heavy atom. The third kappa shape index (κ3) is 4.16. The lowest BCUT2D eigenvalue weighted by Gasteiger charge is -2.21. The molecule has 4 rings (SSSR count). The molecule has 1 fully saturated rings. The summed E-state index contributed by atoms with van der Waals surface area (Å²) in [5.41, 5.74) is 10.8. The van der Waals surface area contributed by atoms with Crippen LogP contribution in [0.1, 0.15) is 47.6 Å². The molecule has 30 heavy (non-hydrogen) atoms. The summed E-state index contributed by atoms with van der Waals surface area (Å²) < 4.78 is 0. The number of nitrogens with zero attached hydrogens (tertiary/aromatic N) is 1. The Bertz CT molecular complexity index is 1050. The van der Waals surface area contributed by atoms with Gasteiger partial charge in [-0.2, -0.15) is 0 Å². The summed E-state index contributed by atoms with van der Waals surface area (Å²) in [7, 11) is 0. The zero-order valence-corrected chi connectivity index (χ0v) is 17.8. The number of benzene rings is 3. The Balaban J connectivity index is 1.43. The van der Waals surface area contributed by atoms with Crippen molar-refractivity contribution in [2.75, 3.05) is 4.90 Å². The molecule has 0 unspecified atom stereocenters. The Hall–Kier alpha value is -3.32. The number of rotatable bonds is 6. The fourth-order valence-corrected chi connectivity index (χ4v) is 4.03. The van der Waals surface area contributed by atoms with Crippen molar-refractivity contribution in [1.29, 1.82) is 0 Å². The van der Waals surface area contributed by atoms with Gasteiger partial charge >= 0.3 is 0 Å². The lowest BCUT2D eigenvalue weighted by atomic mass is 9.96. The summed E-state index contributed by atoms with van der Waals surface area (Å²) >= 11 is 0. The number of aryl methyl sites for hydroxylation is 1. The van der Waals surface area contributed by atoms with Crippen LogP contribution >= 0.6 is 0 Å². The van der Waals surface area contributed by atoms with E-state index in [-0.39, 0.29) is 0 Å². The molecule has 3 aromatic carbocycles. The molecular formula is C29H29N. The van der Waals surface area contributed by atoms with E-state index in [4.69, 9.17) is 0 Å². The minimum atomic E-state index is 0.917. The lowest BCUT2D eigenvalue weighted by molar-refractivity contribution is 1.06. The third-order valence-corrected chi connectivity index (χ3v) is 5.95. The minimum absolute atomic E-state index is 0.917. The van der Waals surface area contributed by atoms with Crippen molar-refractivity contribution in [3.05, 3.63) is 132 Å². The van der Waals surface area contributed by atoms with E-state index in [9.17, 15) is 0 Å². The molecule has 1 aliphatic heterocycles. The second kappa shape index (κ2) is 8.59. The fraction of sp³-hybridized carbons (Fsp3) is 0.172. The van der Waals surface area contributed by atoms with E-state index in [0.717, 1.165) is 48.3 Å². The highest BCUT2D eigenvalue weighted by atomic mass is 15.2. The van der Waals surface area contributed by atoms with E-state index in [2.05, 4.69) is 104 Å². The molecule has 3 aromatic rings. The predicted octanol–water partition coefficient (Wildman–Crippen LogP) is 7.53. The van der Waals surface area contributed by atoms with Crippen molar-refractivity contribution in [2.45, 2.75) is 32.6 Å². The molecule has 0 atom stereocenters. The van der Waals surface area contributed by atoms with Gasteiger partial charge in [-0.15, -0.1) is 0 Å². The predicted molar refractivity (Wildman–Crippen MR) is 130 cm³/mol. The van der Waals surface area contributed by atoms with Gasteiger partial charge in [-0.3, -0.25) is 0 Å². The van der Waals surface area contributed by atoms with Crippen LogP contribution < -0.4 is 4.90 Å². The van der Waals surface area contributed by atoms with Crippen LogP contribution in [0.4, 0.5) is 5.69 Å². The number of allylic oxidation sites excluding steroid dienone is 2. The van der Waals surface area contributed by atoms with Gasteiger partial charge in [0.05, 0.1) is 0 Å². The summed E-state index contributed by atoms with van der Waals surface area (Å²) in [4.78, 5) is 2.18. The Morgan fingerprint density at radius 2 is 1.13 bits per heavy atom. The van der Waals surface area contributed by atoms with Gasteiger partial charge in [0.1, 0.15) is 0 Å². The molecule has 1 aliphatic rings. The molecule has 0 aliphatic carbocycles. The highest BCUT2D eigenvalue weighted by Gasteiger charge is 2.20. The molecule has 1 saturated heterocycles. The van der Waals surface area contributed by atoms with Crippen molar-refractivity contribution >= 4 is 11.3 Å². The van der Waals surface area contributed by atoms with Gasteiger partial charge in [0, 0.05) is 17.1 Å². The van der Waals surface area contributed by atoms with E-state index in [0.29, 0.717) is 0 Å². The molecule has 0 radical (unpaired) electrons. The van der Waals surface area contributed by atoms with E-state index < -0.39 is 0 Å². The normalized spacial score (nSPS) is 13.7. The van der Waals surface area contributed by atoms with Crippen LogP contribution in [0.2, 0.25) is 0 Å². The Kier molecular flexibility index (Phi) is 5.72. The Morgan fingerprint density at radius 1 is 0.700 bits per heavy atom. The molecule has 0 amide bonds. The number of hydrogen-bond acceptors (Lipinski definition) is 1. The van der Waals surface area contributed by atoms with E-state index >= 15 is 0 Å².